The zero-order valence-corrected chi connectivity index (χ0v) is 15.3. The van der Waals surface area contributed by atoms with Crippen molar-refractivity contribution in [2.75, 3.05) is 18.5 Å². The third-order valence-corrected chi connectivity index (χ3v) is 5.00. The molecule has 0 aliphatic carbocycles. The Bertz CT molecular complexity index is 308. The van der Waals surface area contributed by atoms with Gasteiger partial charge in [0.1, 0.15) is 6.04 Å². The summed E-state index contributed by atoms with van der Waals surface area (Å²) in [4.78, 5) is 22.6. The minimum Gasteiger partial charge on any atom is -0.465 e. The van der Waals surface area contributed by atoms with Crippen molar-refractivity contribution in [2.45, 2.75) is 51.0 Å². The largest absolute Gasteiger partial charge is 0.465 e. The Kier molecular flexibility index (Phi) is 10.1. The van der Waals surface area contributed by atoms with E-state index < -0.39 is 14.1 Å². The van der Waals surface area contributed by atoms with E-state index in [1.165, 1.54) is 0 Å². The molecule has 0 spiro atoms. The molecule has 0 unspecified atom stereocenters. The Hall–Kier alpha value is -0.403. The van der Waals surface area contributed by atoms with E-state index >= 15 is 0 Å². The van der Waals surface area contributed by atoms with Gasteiger partial charge in [-0.15, -0.1) is 0 Å². The Morgan fingerprint density at radius 3 is 2.50 bits per heavy atom. The van der Waals surface area contributed by atoms with E-state index in [4.69, 9.17) is 10.5 Å². The number of hydrogen-bond donors (Lipinski definition) is 2. The fourth-order valence-electron chi connectivity index (χ4n) is 1.45. The van der Waals surface area contributed by atoms with Gasteiger partial charge in [-0.25, -0.2) is 0 Å². The molecule has 0 fully saturated rings. The molecule has 0 aliphatic rings. The second-order valence-electron chi connectivity index (χ2n) is 6.06. The van der Waals surface area contributed by atoms with Crippen LogP contribution >= 0.6 is 15.9 Å². The molecule has 0 heterocycles. The lowest BCUT2D eigenvalue weighted by atomic mass is 10.1. The number of halogens is 1. The number of ether oxygens (including phenoxy) is 1. The second-order valence-corrected chi connectivity index (χ2v) is 12.2. The van der Waals surface area contributed by atoms with Crippen LogP contribution in [0.25, 0.3) is 0 Å². The van der Waals surface area contributed by atoms with Crippen LogP contribution in [0.1, 0.15) is 19.3 Å². The lowest BCUT2D eigenvalue weighted by Crippen LogP contribution is -2.34. The summed E-state index contributed by atoms with van der Waals surface area (Å²) >= 11 is 3.07. The van der Waals surface area contributed by atoms with Gasteiger partial charge in [-0.2, -0.15) is 0 Å². The third kappa shape index (κ3) is 11.4. The van der Waals surface area contributed by atoms with Crippen LogP contribution in [0.4, 0.5) is 0 Å². The highest BCUT2D eigenvalue weighted by molar-refractivity contribution is 9.09. The summed E-state index contributed by atoms with van der Waals surface area (Å²) in [5.74, 6) is -0.340. The lowest BCUT2D eigenvalue weighted by molar-refractivity contribution is -0.144. The maximum atomic E-state index is 11.6. The summed E-state index contributed by atoms with van der Waals surface area (Å²) in [6.07, 6.45) is 2.21. The molecule has 0 saturated carbocycles. The molecule has 0 saturated heterocycles. The van der Waals surface area contributed by atoms with Crippen LogP contribution < -0.4 is 11.1 Å². The van der Waals surface area contributed by atoms with Crippen LogP contribution in [0.3, 0.4) is 0 Å². The number of nitrogens with two attached hydrogens (primary N) is 1. The molecule has 7 heteroatoms. The van der Waals surface area contributed by atoms with E-state index in [1.54, 1.807) is 0 Å². The van der Waals surface area contributed by atoms with E-state index in [9.17, 15) is 9.59 Å². The van der Waals surface area contributed by atoms with E-state index in [-0.39, 0.29) is 11.9 Å². The Balaban J connectivity index is 3.63. The van der Waals surface area contributed by atoms with Crippen LogP contribution in [-0.4, -0.2) is 44.5 Å². The van der Waals surface area contributed by atoms with Crippen LogP contribution in [0.2, 0.25) is 25.7 Å². The average molecular weight is 367 g/mol. The fraction of sp³-hybridized carbons (Fsp3) is 0.846. The Labute approximate surface area is 131 Å². The first-order chi connectivity index (χ1) is 9.26. The second kappa shape index (κ2) is 10.3. The van der Waals surface area contributed by atoms with Crippen molar-refractivity contribution in [1.82, 2.24) is 5.32 Å². The molecule has 0 aliphatic heterocycles. The van der Waals surface area contributed by atoms with Gasteiger partial charge in [0.25, 0.3) is 0 Å². The SMILES string of the molecule is C[Si](C)(C)CCOC(=O)[C@H](N)CCCCNC(=O)CBr. The zero-order chi connectivity index (χ0) is 15.6. The number of rotatable bonds is 10. The molecule has 0 aromatic carbocycles. The summed E-state index contributed by atoms with van der Waals surface area (Å²) in [6.45, 7) is 7.80. The van der Waals surface area contributed by atoms with Crippen LogP contribution in [-0.2, 0) is 14.3 Å². The van der Waals surface area contributed by atoms with Gasteiger partial charge < -0.3 is 15.8 Å². The Morgan fingerprint density at radius 2 is 1.95 bits per heavy atom. The third-order valence-electron chi connectivity index (χ3n) is 2.78. The van der Waals surface area contributed by atoms with Gasteiger partial charge in [0.05, 0.1) is 11.9 Å². The van der Waals surface area contributed by atoms with Gasteiger partial charge in [0.2, 0.25) is 5.91 Å². The number of hydrogen-bond acceptors (Lipinski definition) is 4. The topological polar surface area (TPSA) is 81.4 Å². The minimum absolute atomic E-state index is 0.0277. The van der Waals surface area contributed by atoms with Crippen molar-refractivity contribution >= 4 is 35.9 Å². The number of nitrogens with one attached hydrogen (secondary N) is 1. The first-order valence-corrected chi connectivity index (χ1v) is 11.8. The van der Waals surface area contributed by atoms with Crippen molar-refractivity contribution in [2.24, 2.45) is 5.73 Å². The summed E-state index contributed by atoms with van der Waals surface area (Å²) in [5, 5.41) is 3.06. The summed E-state index contributed by atoms with van der Waals surface area (Å²) in [6, 6.07) is 0.410. The molecule has 0 bridgehead atoms. The lowest BCUT2D eigenvalue weighted by Gasteiger charge is -2.17. The molecule has 0 rings (SSSR count). The monoisotopic (exact) mass is 366 g/mol. The van der Waals surface area contributed by atoms with Crippen LogP contribution in [0.5, 0.6) is 0 Å². The molecule has 5 nitrogen and oxygen atoms in total. The van der Waals surface area contributed by atoms with Gasteiger partial charge in [0.15, 0.2) is 0 Å². The predicted octanol–water partition coefficient (Wildman–Crippen LogP) is 1.88. The summed E-state index contributed by atoms with van der Waals surface area (Å²) in [7, 11) is -1.17. The molecule has 20 heavy (non-hydrogen) atoms. The molecule has 118 valence electrons. The molecule has 3 N–H and O–H groups in total. The summed E-state index contributed by atoms with van der Waals surface area (Å²) < 4.78 is 5.19. The van der Waals surface area contributed by atoms with E-state index in [1.807, 2.05) is 0 Å². The zero-order valence-electron chi connectivity index (χ0n) is 12.7. The molecular formula is C13H27BrN2O3Si. The maximum absolute atomic E-state index is 11.6. The van der Waals surface area contributed by atoms with E-state index in [2.05, 4.69) is 40.9 Å². The number of amides is 1. The highest BCUT2D eigenvalue weighted by Crippen LogP contribution is 2.08. The molecular weight excluding hydrogens is 340 g/mol. The number of esters is 1. The highest BCUT2D eigenvalue weighted by Gasteiger charge is 2.17. The number of carbonyl (C=O) groups is 2. The van der Waals surface area contributed by atoms with Crippen molar-refractivity contribution < 1.29 is 14.3 Å². The molecule has 1 atom stereocenters. The minimum atomic E-state index is -1.17. The van der Waals surface area contributed by atoms with Gasteiger partial charge >= 0.3 is 5.97 Å². The van der Waals surface area contributed by atoms with Gasteiger partial charge in [-0.05, 0) is 25.3 Å². The van der Waals surface area contributed by atoms with Gasteiger partial charge in [0, 0.05) is 14.6 Å². The smallest absolute Gasteiger partial charge is 0.322 e. The first-order valence-electron chi connectivity index (χ1n) is 7.01. The van der Waals surface area contributed by atoms with Crippen molar-refractivity contribution in [1.29, 1.82) is 0 Å². The standard InChI is InChI=1S/C13H27BrN2O3Si/c1-20(2,3)9-8-19-13(18)11(15)6-4-5-7-16-12(17)10-14/h11H,4-10,15H2,1-3H3,(H,16,17)/t11-/m1/s1. The van der Waals surface area contributed by atoms with Gasteiger partial charge in [-0.3, -0.25) is 9.59 Å². The maximum Gasteiger partial charge on any atom is 0.322 e. The van der Waals surface area contributed by atoms with Crippen molar-refractivity contribution in [3.8, 4) is 0 Å². The highest BCUT2D eigenvalue weighted by atomic mass is 79.9. The number of unbranched alkanes of at least 4 members (excludes halogenated alkanes) is 1. The van der Waals surface area contributed by atoms with Crippen molar-refractivity contribution in [3.63, 3.8) is 0 Å². The van der Waals surface area contributed by atoms with Gasteiger partial charge in [-0.1, -0.05) is 35.6 Å². The molecule has 0 aromatic heterocycles. The Morgan fingerprint density at radius 1 is 1.30 bits per heavy atom. The number of carbonyl (C=O) groups excluding carboxylic acids is 2. The number of alkyl halides is 1. The van der Waals surface area contributed by atoms with Crippen LogP contribution in [0.15, 0.2) is 0 Å². The predicted molar refractivity (Wildman–Crippen MR) is 87.7 cm³/mol. The normalized spacial score (nSPS) is 12.8. The fourth-order valence-corrected chi connectivity index (χ4v) is 2.36. The van der Waals surface area contributed by atoms with Crippen molar-refractivity contribution in [3.05, 3.63) is 0 Å². The van der Waals surface area contributed by atoms with Crippen LogP contribution in [0, 0.1) is 0 Å². The van der Waals surface area contributed by atoms with E-state index in [0.29, 0.717) is 24.9 Å². The molecule has 1 amide bonds. The average Bonchev–Trinajstić information content (AvgIpc) is 2.36. The molecule has 0 radical (unpaired) electrons. The molecule has 0 aromatic rings. The quantitative estimate of drug-likeness (QED) is 0.267. The first kappa shape index (κ1) is 19.6. The van der Waals surface area contributed by atoms with E-state index in [0.717, 1.165) is 18.9 Å². The summed E-state index contributed by atoms with van der Waals surface area (Å²) in [5.41, 5.74) is 5.78.